The number of carbonyl (C=O) groups excluding carboxylic acids is 2. The summed E-state index contributed by atoms with van der Waals surface area (Å²) in [5.74, 6) is 0.390. The zero-order chi connectivity index (χ0) is 31.6. The lowest BCUT2D eigenvalue weighted by Crippen LogP contribution is -2.24. The second-order valence-electron chi connectivity index (χ2n) is 11.3. The third kappa shape index (κ3) is 6.36. The molecule has 3 N–H and O–H groups in total. The molecule has 0 radical (unpaired) electrons. The smallest absolute Gasteiger partial charge is 0.425 e. The lowest BCUT2D eigenvalue weighted by molar-refractivity contribution is 0.0980. The summed E-state index contributed by atoms with van der Waals surface area (Å²) in [7, 11) is -3.11. The maximum atomic E-state index is 13.8. The number of ether oxygens (including phenoxy) is 1. The van der Waals surface area contributed by atoms with Gasteiger partial charge in [-0.25, -0.2) is 0 Å². The van der Waals surface area contributed by atoms with Gasteiger partial charge in [0.05, 0.1) is 22.5 Å². The van der Waals surface area contributed by atoms with Gasteiger partial charge in [0.25, 0.3) is 0 Å². The molecule has 0 saturated heterocycles. The predicted molar refractivity (Wildman–Crippen MR) is 168 cm³/mol. The van der Waals surface area contributed by atoms with Gasteiger partial charge in [0.15, 0.2) is 17.3 Å². The van der Waals surface area contributed by atoms with Crippen molar-refractivity contribution >= 4 is 39.2 Å². The molecule has 43 heavy (non-hydrogen) atoms. The van der Waals surface area contributed by atoms with E-state index in [0.29, 0.717) is 28.3 Å². The fourth-order valence-electron chi connectivity index (χ4n) is 5.29. The number of nitrogens with two attached hydrogens (primary N) is 1. The predicted octanol–water partition coefficient (Wildman–Crippen LogP) is 7.19. The van der Waals surface area contributed by atoms with Crippen molar-refractivity contribution < 1.29 is 27.0 Å². The summed E-state index contributed by atoms with van der Waals surface area (Å²) in [6.45, 7) is 12.7. The molecular weight excluding hydrogens is 564 g/mol. The van der Waals surface area contributed by atoms with E-state index < -0.39 is 10.6 Å². The van der Waals surface area contributed by atoms with Crippen molar-refractivity contribution in [2.75, 3.05) is 11.1 Å². The number of anilines is 3. The molecule has 9 heteroatoms. The molecular formula is C34H34N2O6S. The summed E-state index contributed by atoms with van der Waals surface area (Å²) in [6.07, 6.45) is 1.01. The highest BCUT2D eigenvalue weighted by Gasteiger charge is 2.35. The Morgan fingerprint density at radius 1 is 0.814 bits per heavy atom. The Bertz CT molecular complexity index is 1830. The number of carbonyl (C=O) groups is 2. The van der Waals surface area contributed by atoms with Crippen LogP contribution in [0.4, 0.5) is 17.1 Å². The first-order chi connectivity index (χ1) is 20.2. The highest BCUT2D eigenvalue weighted by atomic mass is 32.2. The topological polar surface area (TPSA) is 133 Å². The first kappa shape index (κ1) is 31.2. The molecule has 5 rings (SSSR count). The normalized spacial score (nSPS) is 12.0. The number of nitrogens with one attached hydrogen (secondary N) is 1. The largest absolute Gasteiger partial charge is 0.455 e. The van der Waals surface area contributed by atoms with Gasteiger partial charge in [-0.2, -0.15) is 0 Å². The molecule has 0 fully saturated rings. The van der Waals surface area contributed by atoms with Gasteiger partial charge < -0.3 is 15.8 Å². The van der Waals surface area contributed by atoms with Crippen molar-refractivity contribution in [2.24, 2.45) is 0 Å². The molecule has 1 aliphatic rings. The van der Waals surface area contributed by atoms with Gasteiger partial charge in [0.2, 0.25) is 0 Å². The number of rotatable bonds is 6. The monoisotopic (exact) mass is 598 g/mol. The summed E-state index contributed by atoms with van der Waals surface area (Å²) in [5, 5.41) is 3.46. The number of ketones is 2. The van der Waals surface area contributed by atoms with Crippen LogP contribution in [0.3, 0.4) is 0 Å². The van der Waals surface area contributed by atoms with Crippen molar-refractivity contribution in [3.63, 3.8) is 0 Å². The minimum atomic E-state index is -3.11. The number of hydrogen-bond donors (Lipinski definition) is 2. The number of benzene rings is 4. The number of hydrogen-bond acceptors (Lipinski definition) is 8. The van der Waals surface area contributed by atoms with E-state index in [1.165, 1.54) is 5.56 Å². The Kier molecular flexibility index (Phi) is 8.87. The van der Waals surface area contributed by atoms with Crippen LogP contribution in [0.5, 0.6) is 11.5 Å². The van der Waals surface area contributed by atoms with Crippen molar-refractivity contribution in [2.45, 2.75) is 53.4 Å². The molecule has 8 nitrogen and oxygen atoms in total. The van der Waals surface area contributed by atoms with E-state index in [2.05, 4.69) is 50.4 Å². The van der Waals surface area contributed by atoms with Gasteiger partial charge in [0.1, 0.15) is 5.75 Å². The van der Waals surface area contributed by atoms with Crippen molar-refractivity contribution in [1.29, 1.82) is 0 Å². The lowest BCUT2D eigenvalue weighted by atomic mass is 9.82. The second kappa shape index (κ2) is 12.2. The third-order valence-electron chi connectivity index (χ3n) is 7.88. The van der Waals surface area contributed by atoms with Crippen LogP contribution < -0.4 is 15.8 Å². The maximum Gasteiger partial charge on any atom is 0.425 e. The van der Waals surface area contributed by atoms with Gasteiger partial charge in [-0.1, -0.05) is 74.9 Å². The van der Waals surface area contributed by atoms with E-state index in [1.54, 1.807) is 30.3 Å². The molecule has 4 aromatic rings. The van der Waals surface area contributed by atoms with Crippen LogP contribution in [0, 0.1) is 20.8 Å². The number of nitrogen functional groups attached to an aromatic ring is 1. The highest BCUT2D eigenvalue weighted by Crippen LogP contribution is 2.43. The summed E-state index contributed by atoms with van der Waals surface area (Å²) in [5.41, 5.74) is 13.7. The molecule has 0 saturated carbocycles. The SMILES string of the molecule is CCC(C)(C)c1ccc(Oc2cc(Nc3c(C)cc(C)cc3C)c3c(c2N)C(=O)c2ccccc2C3=O)cc1.O=S(=O)=O. The Hall–Kier alpha value is -4.76. The molecule has 0 aromatic heterocycles. The quantitative estimate of drug-likeness (QED) is 0.196. The van der Waals surface area contributed by atoms with Gasteiger partial charge in [-0.05, 0) is 61.4 Å². The van der Waals surface area contributed by atoms with Crippen molar-refractivity contribution in [3.05, 3.63) is 111 Å². The van der Waals surface area contributed by atoms with Crippen LogP contribution >= 0.6 is 0 Å². The molecule has 0 aliphatic heterocycles. The van der Waals surface area contributed by atoms with E-state index in [-0.39, 0.29) is 33.8 Å². The first-order valence-electron chi connectivity index (χ1n) is 13.8. The molecule has 0 heterocycles. The summed E-state index contributed by atoms with van der Waals surface area (Å²) < 4.78 is 31.6. The van der Waals surface area contributed by atoms with E-state index in [1.807, 2.05) is 32.9 Å². The van der Waals surface area contributed by atoms with Crippen molar-refractivity contribution in [1.82, 2.24) is 0 Å². The third-order valence-corrected chi connectivity index (χ3v) is 7.88. The number of fused-ring (bicyclic) bond motifs is 2. The minimum absolute atomic E-state index is 0.0460. The average Bonchev–Trinajstić information content (AvgIpc) is 2.95. The van der Waals surface area contributed by atoms with Gasteiger partial charge in [-0.15, -0.1) is 12.6 Å². The average molecular weight is 599 g/mol. The van der Waals surface area contributed by atoms with Gasteiger partial charge in [0, 0.05) is 22.9 Å². The van der Waals surface area contributed by atoms with Gasteiger partial charge >= 0.3 is 10.6 Å². The molecule has 1 aliphatic carbocycles. The van der Waals surface area contributed by atoms with E-state index in [4.69, 9.17) is 23.1 Å². The molecule has 0 spiro atoms. The van der Waals surface area contributed by atoms with E-state index in [0.717, 1.165) is 28.8 Å². The van der Waals surface area contributed by atoms with Crippen LogP contribution in [0.25, 0.3) is 0 Å². The molecule has 222 valence electrons. The van der Waals surface area contributed by atoms with Crippen LogP contribution in [-0.2, 0) is 16.0 Å². The standard InChI is InChI=1S/C34H34N2O3.O3S/c1-7-34(5,6)22-12-14-23(15-13-22)39-27-18-26(36-31-20(3)16-19(2)17-21(31)4)28-29(30(27)35)33(38)25-11-9-8-10-24(25)32(28)37;1-4(2)3/h8-18,36H,7,35H2,1-6H3;. The molecule has 4 aromatic carbocycles. The maximum absolute atomic E-state index is 13.8. The van der Waals surface area contributed by atoms with E-state index >= 15 is 0 Å². The Morgan fingerprint density at radius 3 is 1.84 bits per heavy atom. The van der Waals surface area contributed by atoms with Crippen LogP contribution in [0.15, 0.2) is 66.7 Å². The Morgan fingerprint density at radius 2 is 1.33 bits per heavy atom. The summed E-state index contributed by atoms with van der Waals surface area (Å²) in [6, 6.07) is 20.7. The first-order valence-corrected chi connectivity index (χ1v) is 14.8. The fraction of sp³-hybridized carbons (Fsp3) is 0.235. The lowest BCUT2D eigenvalue weighted by Gasteiger charge is -2.25. The fourth-order valence-corrected chi connectivity index (χ4v) is 5.29. The zero-order valence-electron chi connectivity index (χ0n) is 25.0. The van der Waals surface area contributed by atoms with Crippen LogP contribution in [0.2, 0.25) is 0 Å². The molecule has 0 amide bonds. The van der Waals surface area contributed by atoms with Crippen molar-refractivity contribution in [3.8, 4) is 11.5 Å². The van der Waals surface area contributed by atoms with Crippen LogP contribution in [0.1, 0.15) is 81.3 Å². The molecule has 0 bridgehead atoms. The minimum Gasteiger partial charge on any atom is -0.455 e. The van der Waals surface area contributed by atoms with Crippen LogP contribution in [-0.4, -0.2) is 24.2 Å². The summed E-state index contributed by atoms with van der Waals surface area (Å²) in [4.78, 5) is 27.5. The Labute approximate surface area is 253 Å². The molecule has 0 atom stereocenters. The van der Waals surface area contributed by atoms with Gasteiger partial charge in [-0.3, -0.25) is 9.59 Å². The summed E-state index contributed by atoms with van der Waals surface area (Å²) >= 11 is 0. The highest BCUT2D eigenvalue weighted by molar-refractivity contribution is 7.59. The second-order valence-corrected chi connectivity index (χ2v) is 11.7. The molecule has 0 unspecified atom stereocenters. The number of aryl methyl sites for hydroxylation is 3. The van der Waals surface area contributed by atoms with E-state index in [9.17, 15) is 9.59 Å². The zero-order valence-corrected chi connectivity index (χ0v) is 25.8. The Balaban J connectivity index is 0.000000996.